The molecule has 0 spiro atoms. The van der Waals surface area contributed by atoms with Gasteiger partial charge in [-0.15, -0.1) is 11.3 Å². The summed E-state index contributed by atoms with van der Waals surface area (Å²) in [7, 11) is -3.92. The van der Waals surface area contributed by atoms with Crippen LogP contribution in [0, 0.1) is 5.92 Å². The molecule has 2 aromatic carbocycles. The molecular weight excluding hydrogens is 803 g/mol. The first-order chi connectivity index (χ1) is 26.9. The lowest BCUT2D eigenvalue weighted by molar-refractivity contribution is -0.140. The van der Waals surface area contributed by atoms with Crippen LogP contribution in [0.4, 0.5) is 9.93 Å². The number of benzene rings is 2. The number of hydrogen-bond donors (Lipinski definition) is 3. The Morgan fingerprint density at radius 3 is 2.64 bits per heavy atom. The third-order valence-corrected chi connectivity index (χ3v) is 14.1. The van der Waals surface area contributed by atoms with Gasteiger partial charge in [0.05, 0.1) is 30.6 Å². The van der Waals surface area contributed by atoms with Crippen molar-refractivity contribution in [2.45, 2.75) is 80.6 Å². The zero-order valence-corrected chi connectivity index (χ0v) is 33.3. The molecule has 8 rings (SSSR count). The Morgan fingerprint density at radius 2 is 1.88 bits per heavy atom. The second-order valence-electron chi connectivity index (χ2n) is 14.8. The zero-order chi connectivity index (χ0) is 39.2. The van der Waals surface area contributed by atoms with E-state index < -0.39 is 68.7 Å². The van der Waals surface area contributed by atoms with Gasteiger partial charge < -0.3 is 25.0 Å². The molecule has 5 atom stereocenters. The van der Waals surface area contributed by atoms with E-state index in [-0.39, 0.29) is 32.5 Å². The van der Waals surface area contributed by atoms with E-state index >= 15 is 0 Å². The Morgan fingerprint density at radius 1 is 1.07 bits per heavy atom. The van der Waals surface area contributed by atoms with E-state index in [1.165, 1.54) is 21.1 Å². The minimum Gasteiger partial charge on any atom is -0.444 e. The monoisotopic (exact) mass is 842 g/mol. The largest absolute Gasteiger partial charge is 0.444 e. The molecule has 18 heteroatoms. The number of amides is 4. The van der Waals surface area contributed by atoms with Crippen molar-refractivity contribution in [2.24, 2.45) is 5.92 Å². The Balaban J connectivity index is 1.06. The fourth-order valence-corrected chi connectivity index (χ4v) is 10.0. The molecule has 2 saturated carbocycles. The van der Waals surface area contributed by atoms with Crippen LogP contribution < -0.4 is 15.4 Å². The third-order valence-electron chi connectivity index (χ3n) is 10.9. The van der Waals surface area contributed by atoms with Crippen molar-refractivity contribution >= 4 is 73.5 Å². The van der Waals surface area contributed by atoms with Gasteiger partial charge in [0.15, 0.2) is 5.13 Å². The second-order valence-corrected chi connectivity index (χ2v) is 18.5. The van der Waals surface area contributed by atoms with Gasteiger partial charge >= 0.3 is 6.09 Å². The summed E-state index contributed by atoms with van der Waals surface area (Å²) in [5.74, 6) is -2.42. The Labute approximate surface area is 337 Å². The summed E-state index contributed by atoms with van der Waals surface area (Å²) in [4.78, 5) is 63.9. The summed E-state index contributed by atoms with van der Waals surface area (Å²) in [6.45, 7) is 1.00. The number of anilines is 1. The van der Waals surface area contributed by atoms with Gasteiger partial charge in [-0.25, -0.2) is 18.2 Å². The van der Waals surface area contributed by atoms with Gasteiger partial charge in [-0.05, 0) is 61.4 Å². The fraction of sp³-hybridized carbons (Fsp3) is 0.447. The predicted octanol–water partition coefficient (Wildman–Crippen LogP) is 4.87. The van der Waals surface area contributed by atoms with Crippen LogP contribution in [0.2, 0.25) is 10.0 Å². The number of hydrogen-bond acceptors (Lipinski definition) is 11. The summed E-state index contributed by atoms with van der Waals surface area (Å²) in [5, 5.41) is 8.97. The normalized spacial score (nSPS) is 27.2. The molecule has 1 aromatic heterocycles. The molecule has 0 unspecified atom stereocenters. The SMILES string of the molecule is O=C1N[C@]2(C(=O)NS(=O)(=O)C3CC3)C[C@H]2/C=C\COCCC[C@H](Nc2nc(-c3ccc(Cl)cc3)cs2)C(=O)N2C[C@H](OC(=O)N3Cc4cccc(Cl)c4C3)C[C@@H]12. The van der Waals surface area contributed by atoms with Crippen LogP contribution >= 0.6 is 34.5 Å². The lowest BCUT2D eigenvalue weighted by atomic mass is 10.1. The van der Waals surface area contributed by atoms with Crippen molar-refractivity contribution in [1.29, 1.82) is 0 Å². The lowest BCUT2D eigenvalue weighted by Gasteiger charge is -2.29. The Bertz CT molecular complexity index is 2180. The molecule has 14 nitrogen and oxygen atoms in total. The van der Waals surface area contributed by atoms with Crippen molar-refractivity contribution in [3.63, 3.8) is 0 Å². The average molecular weight is 844 g/mol. The molecule has 5 aliphatic rings. The molecule has 1 saturated heterocycles. The van der Waals surface area contributed by atoms with Crippen LogP contribution in [0.1, 0.15) is 49.7 Å². The molecule has 296 valence electrons. The first-order valence-corrected chi connectivity index (χ1v) is 21.7. The molecule has 3 aromatic rings. The molecule has 4 heterocycles. The molecule has 2 aliphatic carbocycles. The Kier molecular flexibility index (Phi) is 10.8. The van der Waals surface area contributed by atoms with Crippen LogP contribution in [-0.2, 0) is 47.0 Å². The number of nitrogens with one attached hydrogen (secondary N) is 3. The van der Waals surface area contributed by atoms with Crippen LogP contribution in [0.3, 0.4) is 0 Å². The van der Waals surface area contributed by atoms with Gasteiger partial charge in [-0.1, -0.05) is 59.6 Å². The maximum atomic E-state index is 14.6. The topological polar surface area (TPSA) is 176 Å². The maximum absolute atomic E-state index is 14.6. The number of halogens is 2. The highest BCUT2D eigenvalue weighted by Gasteiger charge is 2.62. The van der Waals surface area contributed by atoms with Crippen LogP contribution in [0.5, 0.6) is 0 Å². The summed E-state index contributed by atoms with van der Waals surface area (Å²) in [6, 6.07) is 10.7. The van der Waals surface area contributed by atoms with Crippen molar-refractivity contribution in [3.8, 4) is 11.3 Å². The number of carbonyl (C=O) groups is 4. The van der Waals surface area contributed by atoms with Gasteiger partial charge in [-0.3, -0.25) is 24.0 Å². The first kappa shape index (κ1) is 38.6. The van der Waals surface area contributed by atoms with Crippen LogP contribution in [-0.4, -0.2) is 95.8 Å². The van der Waals surface area contributed by atoms with Crippen molar-refractivity contribution < 1.29 is 37.1 Å². The van der Waals surface area contributed by atoms with E-state index in [1.54, 1.807) is 30.4 Å². The molecular formula is C38H40Cl2N6O8S2. The molecule has 4 amide bonds. The molecule has 56 heavy (non-hydrogen) atoms. The number of sulfonamides is 1. The fourth-order valence-electron chi connectivity index (χ4n) is 7.53. The van der Waals surface area contributed by atoms with Gasteiger partial charge in [0.1, 0.15) is 23.7 Å². The van der Waals surface area contributed by atoms with E-state index in [0.29, 0.717) is 59.7 Å². The molecule has 0 bridgehead atoms. The summed E-state index contributed by atoms with van der Waals surface area (Å²) in [5.41, 5.74) is 1.72. The average Bonchev–Trinajstić information content (AvgIpc) is 3.97. The number of ether oxygens (including phenoxy) is 2. The van der Waals surface area contributed by atoms with Gasteiger partial charge in [0, 0.05) is 46.5 Å². The number of rotatable bonds is 7. The highest BCUT2D eigenvalue weighted by atomic mass is 35.5. The number of nitrogens with zero attached hydrogens (tertiary/aromatic N) is 3. The summed E-state index contributed by atoms with van der Waals surface area (Å²) in [6.07, 6.45) is 3.85. The number of fused-ring (bicyclic) bond motifs is 3. The van der Waals surface area contributed by atoms with Crippen molar-refractivity contribution in [3.05, 3.63) is 81.2 Å². The van der Waals surface area contributed by atoms with E-state index in [9.17, 15) is 27.6 Å². The number of carbonyl (C=O) groups excluding carboxylic acids is 4. The van der Waals surface area contributed by atoms with E-state index in [4.69, 9.17) is 37.7 Å². The van der Waals surface area contributed by atoms with Crippen LogP contribution in [0.25, 0.3) is 11.3 Å². The van der Waals surface area contributed by atoms with E-state index in [0.717, 1.165) is 16.7 Å². The minimum absolute atomic E-state index is 0.0444. The second kappa shape index (κ2) is 15.6. The van der Waals surface area contributed by atoms with Crippen molar-refractivity contribution in [2.75, 3.05) is 25.1 Å². The molecule has 3 N–H and O–H groups in total. The Hall–Kier alpha value is -4.22. The van der Waals surface area contributed by atoms with Crippen LogP contribution in [0.15, 0.2) is 60.0 Å². The quantitative estimate of drug-likeness (QED) is 0.279. The van der Waals surface area contributed by atoms with Gasteiger partial charge in [0.25, 0.3) is 5.91 Å². The maximum Gasteiger partial charge on any atom is 0.410 e. The lowest BCUT2D eigenvalue weighted by Crippen LogP contribution is -2.57. The molecule has 0 radical (unpaired) electrons. The smallest absolute Gasteiger partial charge is 0.410 e. The number of aromatic nitrogens is 1. The van der Waals surface area contributed by atoms with E-state index in [2.05, 4.69) is 15.4 Å². The zero-order valence-electron chi connectivity index (χ0n) is 30.1. The van der Waals surface area contributed by atoms with Gasteiger partial charge in [0.2, 0.25) is 21.8 Å². The predicted molar refractivity (Wildman–Crippen MR) is 209 cm³/mol. The van der Waals surface area contributed by atoms with Gasteiger partial charge in [-0.2, -0.15) is 0 Å². The summed E-state index contributed by atoms with van der Waals surface area (Å²) < 4.78 is 39.6. The summed E-state index contributed by atoms with van der Waals surface area (Å²) >= 11 is 13.8. The minimum atomic E-state index is -3.92. The first-order valence-electron chi connectivity index (χ1n) is 18.5. The number of thiazole rings is 1. The molecule has 3 aliphatic heterocycles. The highest BCUT2D eigenvalue weighted by Crippen LogP contribution is 2.46. The molecule has 3 fully saturated rings. The third kappa shape index (κ3) is 8.12. The standard InChI is InChI=1S/C38H40Cl2N6O8S2/c39-25-10-8-22(9-11-25)31-21-55-36(42-31)41-30-7-3-15-53-14-2-5-24-17-38(24,35(49)44-56(51,52)27-12-13-27)43-33(47)32-16-26(19-46(32)34(30)48)54-37(50)45-18-23-4-1-6-29(40)28(23)20-45/h1-2,4-6,8-11,21,24,26-27,30,32H,3,7,12-20H2,(H,41,42)(H,43,47)(H,44,49)/b5-2-/t24-,26-,30+,32+,38-/m1/s1. The van der Waals surface area contributed by atoms with E-state index in [1.807, 2.05) is 29.6 Å². The highest BCUT2D eigenvalue weighted by molar-refractivity contribution is 7.91. The van der Waals surface area contributed by atoms with Crippen molar-refractivity contribution in [1.82, 2.24) is 24.8 Å².